The number of ether oxygens (including phenoxy) is 1. The van der Waals surface area contributed by atoms with Crippen LogP contribution in [0.2, 0.25) is 0 Å². The highest BCUT2D eigenvalue weighted by Gasteiger charge is 2.22. The molecule has 0 saturated carbocycles. The Morgan fingerprint density at radius 3 is 2.72 bits per heavy atom. The van der Waals surface area contributed by atoms with Crippen LogP contribution in [0.4, 0.5) is 4.39 Å². The Morgan fingerprint density at radius 1 is 1.44 bits per heavy atom. The first-order valence-electron chi connectivity index (χ1n) is 6.14. The number of nitrogens with zero attached hydrogens (tertiary/aromatic N) is 1. The minimum atomic E-state index is -0.453. The van der Waals surface area contributed by atoms with E-state index in [1.807, 2.05) is 6.07 Å². The number of hydrogen-bond donors (Lipinski definition) is 2. The van der Waals surface area contributed by atoms with Crippen LogP contribution in [0.5, 0.6) is 11.5 Å². The number of benzene rings is 1. The van der Waals surface area contributed by atoms with Gasteiger partial charge in [-0.3, -0.25) is 4.90 Å². The molecule has 1 aliphatic rings. The van der Waals surface area contributed by atoms with Gasteiger partial charge in [-0.25, -0.2) is 4.39 Å². The summed E-state index contributed by atoms with van der Waals surface area (Å²) in [4.78, 5) is 2.09. The summed E-state index contributed by atoms with van der Waals surface area (Å²) in [5, 5.41) is 13.0. The number of phenolic OH excluding ortho intramolecular Hbond substituents is 1. The largest absolute Gasteiger partial charge is 0.504 e. The standard InChI is InChI=1S/C13H19FN2O2/c1-18-13-3-2-10(8-12(13)17)11(9-14)16-6-4-15-5-7-16/h2-3,8,11,15,17H,4-7,9H2,1H3/t11-/m1/s1. The summed E-state index contributed by atoms with van der Waals surface area (Å²) in [6, 6.07) is 4.79. The van der Waals surface area contributed by atoms with E-state index in [4.69, 9.17) is 4.74 Å². The second-order valence-electron chi connectivity index (χ2n) is 4.39. The third-order valence-electron chi connectivity index (χ3n) is 3.33. The molecule has 1 aliphatic heterocycles. The van der Waals surface area contributed by atoms with Gasteiger partial charge >= 0.3 is 0 Å². The molecule has 0 unspecified atom stereocenters. The number of nitrogens with one attached hydrogen (secondary N) is 1. The number of aromatic hydroxyl groups is 1. The van der Waals surface area contributed by atoms with Crippen molar-refractivity contribution in [1.29, 1.82) is 0 Å². The summed E-state index contributed by atoms with van der Waals surface area (Å²) in [6.45, 7) is 2.94. The molecule has 0 amide bonds. The summed E-state index contributed by atoms with van der Waals surface area (Å²) in [6.07, 6.45) is 0. The van der Waals surface area contributed by atoms with Crippen molar-refractivity contribution in [3.63, 3.8) is 0 Å². The van der Waals surface area contributed by atoms with Crippen LogP contribution < -0.4 is 10.1 Å². The zero-order valence-electron chi connectivity index (χ0n) is 10.5. The Bertz CT molecular complexity index is 395. The summed E-state index contributed by atoms with van der Waals surface area (Å²) in [7, 11) is 1.50. The van der Waals surface area contributed by atoms with E-state index in [2.05, 4.69) is 10.2 Å². The van der Waals surface area contributed by atoms with Gasteiger partial charge in [0.25, 0.3) is 0 Å². The second-order valence-corrected chi connectivity index (χ2v) is 4.39. The molecular formula is C13H19FN2O2. The van der Waals surface area contributed by atoms with Crippen molar-refractivity contribution >= 4 is 0 Å². The van der Waals surface area contributed by atoms with Gasteiger partial charge in [0.1, 0.15) is 6.67 Å². The first kappa shape index (κ1) is 13.1. The summed E-state index contributed by atoms with van der Waals surface area (Å²) < 4.78 is 18.3. The third kappa shape index (κ3) is 2.73. The first-order valence-corrected chi connectivity index (χ1v) is 6.14. The molecule has 0 aromatic heterocycles. The zero-order valence-corrected chi connectivity index (χ0v) is 10.5. The molecule has 0 bridgehead atoms. The topological polar surface area (TPSA) is 44.7 Å². The minimum absolute atomic E-state index is 0.0589. The maximum absolute atomic E-state index is 13.3. The van der Waals surface area contributed by atoms with Crippen LogP contribution in [0.1, 0.15) is 11.6 Å². The lowest BCUT2D eigenvalue weighted by molar-refractivity contribution is 0.147. The van der Waals surface area contributed by atoms with Gasteiger partial charge in [0, 0.05) is 26.2 Å². The average molecular weight is 254 g/mol. The van der Waals surface area contributed by atoms with E-state index in [9.17, 15) is 9.50 Å². The van der Waals surface area contributed by atoms with Gasteiger partial charge < -0.3 is 15.2 Å². The highest BCUT2D eigenvalue weighted by Crippen LogP contribution is 2.31. The van der Waals surface area contributed by atoms with Gasteiger partial charge in [-0.05, 0) is 17.7 Å². The molecule has 2 N–H and O–H groups in total. The predicted molar refractivity (Wildman–Crippen MR) is 67.8 cm³/mol. The Kier molecular flexibility index (Phi) is 4.38. The van der Waals surface area contributed by atoms with E-state index in [0.29, 0.717) is 5.75 Å². The van der Waals surface area contributed by atoms with Crippen LogP contribution in [-0.2, 0) is 0 Å². The van der Waals surface area contributed by atoms with E-state index in [1.165, 1.54) is 7.11 Å². The Morgan fingerprint density at radius 2 is 2.17 bits per heavy atom. The summed E-state index contributed by atoms with van der Waals surface area (Å²) in [5.41, 5.74) is 0.790. The quantitative estimate of drug-likeness (QED) is 0.850. The molecule has 1 heterocycles. The van der Waals surface area contributed by atoms with Crippen molar-refractivity contribution in [1.82, 2.24) is 10.2 Å². The van der Waals surface area contributed by atoms with E-state index in [0.717, 1.165) is 31.7 Å². The van der Waals surface area contributed by atoms with Crippen LogP contribution in [0.3, 0.4) is 0 Å². The number of piperazine rings is 1. The van der Waals surface area contributed by atoms with E-state index >= 15 is 0 Å². The lowest BCUT2D eigenvalue weighted by atomic mass is 10.0. The number of phenols is 1. The Balaban J connectivity index is 2.18. The lowest BCUT2D eigenvalue weighted by Crippen LogP contribution is -2.45. The molecule has 5 heteroatoms. The third-order valence-corrected chi connectivity index (χ3v) is 3.33. The molecule has 0 aliphatic carbocycles. The Labute approximate surface area is 106 Å². The fourth-order valence-electron chi connectivity index (χ4n) is 2.31. The van der Waals surface area contributed by atoms with E-state index in [-0.39, 0.29) is 11.8 Å². The SMILES string of the molecule is COc1ccc([C@@H](CF)N2CCNCC2)cc1O. The number of hydrogen-bond acceptors (Lipinski definition) is 4. The predicted octanol–water partition coefficient (Wildman–Crippen LogP) is 1.32. The highest BCUT2D eigenvalue weighted by atomic mass is 19.1. The van der Waals surface area contributed by atoms with Gasteiger partial charge in [0.15, 0.2) is 11.5 Å². The normalized spacial score (nSPS) is 18.6. The molecule has 1 saturated heterocycles. The van der Waals surface area contributed by atoms with E-state index in [1.54, 1.807) is 12.1 Å². The lowest BCUT2D eigenvalue weighted by Gasteiger charge is -2.33. The number of halogens is 1. The van der Waals surface area contributed by atoms with Crippen molar-refractivity contribution < 1.29 is 14.2 Å². The van der Waals surface area contributed by atoms with Crippen LogP contribution in [0.25, 0.3) is 0 Å². The van der Waals surface area contributed by atoms with Crippen LogP contribution in [-0.4, -0.2) is 50.0 Å². The molecule has 1 atom stereocenters. The van der Waals surface area contributed by atoms with Crippen LogP contribution in [0.15, 0.2) is 18.2 Å². The minimum Gasteiger partial charge on any atom is -0.504 e. The van der Waals surface area contributed by atoms with Gasteiger partial charge in [-0.15, -0.1) is 0 Å². The van der Waals surface area contributed by atoms with Crippen LogP contribution in [0, 0.1) is 0 Å². The Hall–Kier alpha value is -1.33. The summed E-state index contributed by atoms with van der Waals surface area (Å²) >= 11 is 0. The molecule has 2 rings (SSSR count). The van der Waals surface area contributed by atoms with Gasteiger partial charge in [-0.2, -0.15) is 0 Å². The zero-order chi connectivity index (χ0) is 13.0. The molecule has 1 fully saturated rings. The number of rotatable bonds is 4. The number of methoxy groups -OCH3 is 1. The van der Waals surface area contributed by atoms with Crippen molar-refractivity contribution in [2.24, 2.45) is 0 Å². The molecular weight excluding hydrogens is 235 g/mol. The smallest absolute Gasteiger partial charge is 0.160 e. The first-order chi connectivity index (χ1) is 8.76. The van der Waals surface area contributed by atoms with Crippen molar-refractivity contribution in [3.05, 3.63) is 23.8 Å². The molecule has 18 heavy (non-hydrogen) atoms. The van der Waals surface area contributed by atoms with Crippen molar-refractivity contribution in [2.75, 3.05) is 40.0 Å². The van der Waals surface area contributed by atoms with Gasteiger partial charge in [0.05, 0.1) is 13.2 Å². The van der Waals surface area contributed by atoms with Gasteiger partial charge in [-0.1, -0.05) is 6.07 Å². The summed E-state index contributed by atoms with van der Waals surface area (Å²) in [5.74, 6) is 0.472. The van der Waals surface area contributed by atoms with Crippen molar-refractivity contribution in [2.45, 2.75) is 6.04 Å². The van der Waals surface area contributed by atoms with Gasteiger partial charge in [0.2, 0.25) is 0 Å². The fraction of sp³-hybridized carbons (Fsp3) is 0.538. The van der Waals surface area contributed by atoms with Crippen LogP contribution >= 0.6 is 0 Å². The molecule has 0 radical (unpaired) electrons. The molecule has 1 aromatic carbocycles. The maximum Gasteiger partial charge on any atom is 0.160 e. The molecule has 1 aromatic rings. The second kappa shape index (κ2) is 6.02. The highest BCUT2D eigenvalue weighted by molar-refractivity contribution is 5.42. The fourth-order valence-corrected chi connectivity index (χ4v) is 2.31. The molecule has 4 nitrogen and oxygen atoms in total. The molecule has 0 spiro atoms. The average Bonchev–Trinajstić information content (AvgIpc) is 2.41. The molecule has 100 valence electrons. The van der Waals surface area contributed by atoms with E-state index < -0.39 is 6.67 Å². The maximum atomic E-state index is 13.3. The van der Waals surface area contributed by atoms with Crippen molar-refractivity contribution in [3.8, 4) is 11.5 Å². The monoisotopic (exact) mass is 254 g/mol. The number of alkyl halides is 1.